The van der Waals surface area contributed by atoms with Crippen molar-refractivity contribution in [2.75, 3.05) is 20.3 Å². The second kappa shape index (κ2) is 8.12. The van der Waals surface area contributed by atoms with Crippen molar-refractivity contribution in [1.29, 1.82) is 0 Å². The Balaban J connectivity index is 4.05. The smallest absolute Gasteiger partial charge is 0.0462 e. The van der Waals surface area contributed by atoms with E-state index in [0.29, 0.717) is 11.5 Å². The molecule has 2 heteroatoms. The first-order chi connectivity index (χ1) is 7.08. The van der Waals surface area contributed by atoms with E-state index in [9.17, 15) is 0 Å². The first kappa shape index (κ1) is 14.9. The molecule has 0 radical (unpaired) electrons. The highest BCUT2D eigenvalue weighted by Crippen LogP contribution is 2.27. The van der Waals surface area contributed by atoms with Gasteiger partial charge in [-0.25, -0.2) is 0 Å². The van der Waals surface area contributed by atoms with Crippen molar-refractivity contribution in [3.05, 3.63) is 0 Å². The summed E-state index contributed by atoms with van der Waals surface area (Å²) in [6.45, 7) is 11.2. The van der Waals surface area contributed by atoms with Crippen LogP contribution in [0.25, 0.3) is 0 Å². The Bertz CT molecular complexity index is 145. The van der Waals surface area contributed by atoms with Crippen molar-refractivity contribution < 1.29 is 4.74 Å². The van der Waals surface area contributed by atoms with E-state index in [4.69, 9.17) is 4.74 Å². The largest absolute Gasteiger partial charge is 0.385 e. The van der Waals surface area contributed by atoms with E-state index in [1.54, 1.807) is 7.11 Å². The first-order valence-corrected chi connectivity index (χ1v) is 6.30. The van der Waals surface area contributed by atoms with Crippen LogP contribution in [0.5, 0.6) is 0 Å². The maximum atomic E-state index is 5.12. The van der Waals surface area contributed by atoms with Crippen LogP contribution in [0, 0.1) is 5.41 Å². The molecule has 0 aromatic carbocycles. The lowest BCUT2D eigenvalue weighted by Gasteiger charge is -2.34. The molecule has 0 heterocycles. The molecule has 0 aromatic rings. The fraction of sp³-hybridized carbons (Fsp3) is 1.00. The van der Waals surface area contributed by atoms with Crippen molar-refractivity contribution in [2.45, 2.75) is 59.4 Å². The number of methoxy groups -OCH3 is 1. The van der Waals surface area contributed by atoms with Crippen LogP contribution < -0.4 is 5.32 Å². The van der Waals surface area contributed by atoms with Gasteiger partial charge in [-0.2, -0.15) is 0 Å². The molecule has 1 unspecified atom stereocenters. The van der Waals surface area contributed by atoms with Crippen LogP contribution in [0.2, 0.25) is 0 Å². The van der Waals surface area contributed by atoms with Crippen LogP contribution in [0.1, 0.15) is 53.4 Å². The van der Waals surface area contributed by atoms with Crippen molar-refractivity contribution in [1.82, 2.24) is 5.32 Å². The molecular weight excluding hydrogens is 186 g/mol. The fourth-order valence-corrected chi connectivity index (χ4v) is 1.77. The van der Waals surface area contributed by atoms with Crippen molar-refractivity contribution >= 4 is 0 Å². The summed E-state index contributed by atoms with van der Waals surface area (Å²) in [4.78, 5) is 0. The lowest BCUT2D eigenvalue weighted by Crippen LogP contribution is -2.42. The van der Waals surface area contributed by atoms with E-state index in [1.807, 2.05) is 0 Å². The van der Waals surface area contributed by atoms with E-state index in [0.717, 1.165) is 19.6 Å². The molecule has 0 saturated heterocycles. The number of nitrogens with one attached hydrogen (secondary N) is 1. The van der Waals surface area contributed by atoms with Gasteiger partial charge < -0.3 is 10.1 Å². The molecule has 0 aliphatic heterocycles. The third-order valence-corrected chi connectivity index (χ3v) is 3.34. The normalized spacial score (nSPS) is 14.2. The molecule has 92 valence electrons. The summed E-state index contributed by atoms with van der Waals surface area (Å²) in [6.07, 6.45) is 4.80. The average Bonchev–Trinajstić information content (AvgIpc) is 2.23. The molecule has 0 aliphatic rings. The van der Waals surface area contributed by atoms with E-state index >= 15 is 0 Å². The Morgan fingerprint density at radius 2 is 1.93 bits per heavy atom. The molecule has 0 bridgehead atoms. The predicted octanol–water partition coefficient (Wildman–Crippen LogP) is 3.22. The third-order valence-electron chi connectivity index (χ3n) is 3.34. The van der Waals surface area contributed by atoms with Gasteiger partial charge in [0, 0.05) is 19.8 Å². The van der Waals surface area contributed by atoms with Crippen LogP contribution in [0.3, 0.4) is 0 Å². The molecule has 0 spiro atoms. The molecule has 0 saturated carbocycles. The minimum Gasteiger partial charge on any atom is -0.385 e. The Morgan fingerprint density at radius 3 is 2.40 bits per heavy atom. The number of hydrogen-bond acceptors (Lipinski definition) is 2. The zero-order valence-electron chi connectivity index (χ0n) is 11.2. The Morgan fingerprint density at radius 1 is 1.27 bits per heavy atom. The summed E-state index contributed by atoms with van der Waals surface area (Å²) in [5.41, 5.74) is 0.392. The van der Waals surface area contributed by atoms with Gasteiger partial charge in [0.05, 0.1) is 0 Å². The second-order valence-corrected chi connectivity index (χ2v) is 4.98. The fourth-order valence-electron chi connectivity index (χ4n) is 1.77. The summed E-state index contributed by atoms with van der Waals surface area (Å²) < 4.78 is 5.12. The van der Waals surface area contributed by atoms with E-state index in [-0.39, 0.29) is 0 Å². The van der Waals surface area contributed by atoms with E-state index < -0.39 is 0 Å². The zero-order chi connectivity index (χ0) is 11.7. The molecule has 0 fully saturated rings. The second-order valence-electron chi connectivity index (χ2n) is 4.98. The molecule has 1 atom stereocenters. The first-order valence-electron chi connectivity index (χ1n) is 6.30. The molecule has 0 aromatic heterocycles. The van der Waals surface area contributed by atoms with Crippen LogP contribution in [-0.4, -0.2) is 26.3 Å². The number of ether oxygens (including phenoxy) is 1. The van der Waals surface area contributed by atoms with Crippen LogP contribution in [0.4, 0.5) is 0 Å². The van der Waals surface area contributed by atoms with Gasteiger partial charge in [-0.05, 0) is 37.6 Å². The van der Waals surface area contributed by atoms with Gasteiger partial charge >= 0.3 is 0 Å². The van der Waals surface area contributed by atoms with Crippen molar-refractivity contribution in [3.63, 3.8) is 0 Å². The Labute approximate surface area is 95.8 Å². The topological polar surface area (TPSA) is 21.3 Å². The van der Waals surface area contributed by atoms with Crippen molar-refractivity contribution in [2.24, 2.45) is 5.41 Å². The van der Waals surface area contributed by atoms with Gasteiger partial charge in [0.25, 0.3) is 0 Å². The van der Waals surface area contributed by atoms with Gasteiger partial charge in [-0.15, -0.1) is 0 Å². The maximum Gasteiger partial charge on any atom is 0.0462 e. The highest BCUT2D eigenvalue weighted by atomic mass is 16.5. The standard InChI is InChI=1S/C13H29NO/c1-6-10-14-12(9-8-11-15-5)13(3,4)7-2/h12,14H,6-11H2,1-5H3. The van der Waals surface area contributed by atoms with Gasteiger partial charge in [-0.1, -0.05) is 27.7 Å². The highest BCUT2D eigenvalue weighted by molar-refractivity contribution is 4.82. The van der Waals surface area contributed by atoms with Crippen molar-refractivity contribution in [3.8, 4) is 0 Å². The number of rotatable bonds is 9. The summed E-state index contributed by atoms with van der Waals surface area (Å²) in [5.74, 6) is 0. The molecular formula is C13H29NO. The predicted molar refractivity (Wildman–Crippen MR) is 67.3 cm³/mol. The Kier molecular flexibility index (Phi) is 8.07. The lowest BCUT2D eigenvalue weighted by molar-refractivity contribution is 0.166. The number of hydrogen-bond donors (Lipinski definition) is 1. The zero-order valence-corrected chi connectivity index (χ0v) is 11.2. The molecule has 1 N–H and O–H groups in total. The third kappa shape index (κ3) is 6.16. The summed E-state index contributed by atoms with van der Waals surface area (Å²) in [6, 6.07) is 0.623. The van der Waals surface area contributed by atoms with Gasteiger partial charge in [0.1, 0.15) is 0 Å². The van der Waals surface area contributed by atoms with E-state index in [2.05, 4.69) is 33.0 Å². The summed E-state index contributed by atoms with van der Waals surface area (Å²) >= 11 is 0. The average molecular weight is 215 g/mol. The minimum atomic E-state index is 0.392. The molecule has 0 amide bonds. The highest BCUT2D eigenvalue weighted by Gasteiger charge is 2.26. The SMILES string of the molecule is CCCNC(CCCOC)C(C)(C)CC. The van der Waals surface area contributed by atoms with Gasteiger partial charge in [-0.3, -0.25) is 0 Å². The van der Waals surface area contributed by atoms with Gasteiger partial charge in [0.15, 0.2) is 0 Å². The monoisotopic (exact) mass is 215 g/mol. The summed E-state index contributed by atoms with van der Waals surface area (Å²) in [5, 5.41) is 3.66. The molecule has 15 heavy (non-hydrogen) atoms. The van der Waals surface area contributed by atoms with Crippen LogP contribution in [-0.2, 0) is 4.74 Å². The van der Waals surface area contributed by atoms with E-state index in [1.165, 1.54) is 19.3 Å². The quantitative estimate of drug-likeness (QED) is 0.596. The molecule has 2 nitrogen and oxygen atoms in total. The molecule has 0 rings (SSSR count). The van der Waals surface area contributed by atoms with Crippen LogP contribution in [0.15, 0.2) is 0 Å². The lowest BCUT2D eigenvalue weighted by atomic mass is 9.79. The van der Waals surface area contributed by atoms with Gasteiger partial charge in [0.2, 0.25) is 0 Å². The molecule has 0 aliphatic carbocycles. The summed E-state index contributed by atoms with van der Waals surface area (Å²) in [7, 11) is 1.78. The Hall–Kier alpha value is -0.0800. The maximum absolute atomic E-state index is 5.12. The van der Waals surface area contributed by atoms with Crippen LogP contribution >= 0.6 is 0 Å². The minimum absolute atomic E-state index is 0.392.